The van der Waals surface area contributed by atoms with Crippen molar-refractivity contribution in [3.05, 3.63) is 48.8 Å². The van der Waals surface area contributed by atoms with Crippen LogP contribution in [0, 0.1) is 0 Å². The summed E-state index contributed by atoms with van der Waals surface area (Å²) in [4.78, 5) is 20.3. The zero-order valence-electron chi connectivity index (χ0n) is 18.5. The molecule has 1 aliphatic rings. The minimum Gasteiger partial charge on any atom is -0.489 e. The fraction of sp³-hybridized carbons (Fsp3) is 0.391. The van der Waals surface area contributed by atoms with Crippen LogP contribution in [0.3, 0.4) is 0 Å². The lowest BCUT2D eigenvalue weighted by molar-refractivity contribution is -0.118. The molecule has 4 rings (SSSR count). The molecule has 8 nitrogen and oxygen atoms in total. The van der Waals surface area contributed by atoms with Gasteiger partial charge in [0.05, 0.1) is 16.6 Å². The van der Waals surface area contributed by atoms with E-state index >= 15 is 0 Å². The van der Waals surface area contributed by atoms with Crippen LogP contribution >= 0.6 is 0 Å². The van der Waals surface area contributed by atoms with Gasteiger partial charge in [0.1, 0.15) is 23.8 Å². The molecule has 3 heterocycles. The van der Waals surface area contributed by atoms with Gasteiger partial charge < -0.3 is 14.1 Å². The molecule has 0 radical (unpaired) electrons. The zero-order chi connectivity index (χ0) is 22.9. The molecule has 0 aliphatic carbocycles. The van der Waals surface area contributed by atoms with Gasteiger partial charge in [-0.1, -0.05) is 0 Å². The number of ether oxygens (including phenoxy) is 1. The smallest absolute Gasteiger partial charge is 0.175 e. The van der Waals surface area contributed by atoms with Gasteiger partial charge in [0.25, 0.3) is 0 Å². The summed E-state index contributed by atoms with van der Waals surface area (Å²) in [6.07, 6.45) is 7.39. The third-order valence-corrected chi connectivity index (χ3v) is 6.97. The fourth-order valence-corrected chi connectivity index (χ4v) is 4.78. The average molecular weight is 457 g/mol. The number of hydrogen-bond acceptors (Lipinski definition) is 7. The van der Waals surface area contributed by atoms with E-state index in [4.69, 9.17) is 4.74 Å². The molecule has 32 heavy (non-hydrogen) atoms. The van der Waals surface area contributed by atoms with Crippen molar-refractivity contribution in [2.45, 2.75) is 30.0 Å². The van der Waals surface area contributed by atoms with E-state index in [9.17, 15) is 13.2 Å². The van der Waals surface area contributed by atoms with E-state index in [1.165, 1.54) is 6.26 Å². The Morgan fingerprint density at radius 3 is 2.50 bits per heavy atom. The molecule has 0 N–H and O–H groups in total. The van der Waals surface area contributed by atoms with Gasteiger partial charge in [0, 0.05) is 30.9 Å². The van der Waals surface area contributed by atoms with Gasteiger partial charge in [-0.05, 0) is 63.3 Å². The number of carbonyl (C=O) groups excluding carboxylic acids is 1. The van der Waals surface area contributed by atoms with Gasteiger partial charge in [-0.25, -0.2) is 13.4 Å². The van der Waals surface area contributed by atoms with Crippen molar-refractivity contribution in [3.8, 4) is 11.6 Å². The molecule has 1 atom stereocenters. The predicted octanol–water partition coefficient (Wildman–Crippen LogP) is 2.36. The highest BCUT2D eigenvalue weighted by Crippen LogP contribution is 2.25. The number of likely N-dealkylation sites (tertiary alicyclic amines) is 1. The number of hydrogen-bond donors (Lipinski definition) is 0. The van der Waals surface area contributed by atoms with Crippen molar-refractivity contribution in [1.29, 1.82) is 0 Å². The van der Waals surface area contributed by atoms with E-state index in [0.717, 1.165) is 48.9 Å². The molecule has 3 aromatic rings. The van der Waals surface area contributed by atoms with E-state index < -0.39 is 9.84 Å². The Balaban J connectivity index is 1.43. The van der Waals surface area contributed by atoms with Crippen LogP contribution in [0.5, 0.6) is 5.75 Å². The molecule has 1 saturated heterocycles. The van der Waals surface area contributed by atoms with Crippen LogP contribution < -0.4 is 4.74 Å². The molecule has 1 fully saturated rings. The first-order chi connectivity index (χ1) is 15.3. The van der Waals surface area contributed by atoms with Crippen LogP contribution in [0.25, 0.3) is 16.7 Å². The molecule has 1 unspecified atom stereocenters. The lowest BCUT2D eigenvalue weighted by atomic mass is 10.1. The summed E-state index contributed by atoms with van der Waals surface area (Å²) in [6, 6.07) is 10.8. The summed E-state index contributed by atoms with van der Waals surface area (Å²) < 4.78 is 31.6. The van der Waals surface area contributed by atoms with Crippen LogP contribution in [-0.4, -0.2) is 79.8 Å². The number of sulfone groups is 1. The van der Waals surface area contributed by atoms with E-state index in [2.05, 4.69) is 9.88 Å². The van der Waals surface area contributed by atoms with Gasteiger partial charge >= 0.3 is 0 Å². The maximum absolute atomic E-state index is 11.8. The summed E-state index contributed by atoms with van der Waals surface area (Å²) in [6.45, 7) is 1.62. The van der Waals surface area contributed by atoms with Crippen molar-refractivity contribution >= 4 is 27.0 Å². The van der Waals surface area contributed by atoms with Crippen LogP contribution in [0.1, 0.15) is 12.8 Å². The number of piperidine rings is 1. The van der Waals surface area contributed by atoms with Gasteiger partial charge in [-0.2, -0.15) is 0 Å². The Labute approximate surface area is 188 Å². The maximum Gasteiger partial charge on any atom is 0.175 e. The van der Waals surface area contributed by atoms with Crippen LogP contribution in [0.4, 0.5) is 0 Å². The van der Waals surface area contributed by atoms with E-state index in [1.54, 1.807) is 24.4 Å². The van der Waals surface area contributed by atoms with Crippen LogP contribution in [0.2, 0.25) is 0 Å². The number of rotatable bonds is 7. The minimum atomic E-state index is -3.25. The van der Waals surface area contributed by atoms with Crippen molar-refractivity contribution in [2.24, 2.45) is 0 Å². The predicted molar refractivity (Wildman–Crippen MR) is 123 cm³/mol. The number of carbonyl (C=O) groups is 1. The maximum atomic E-state index is 11.8. The SMILES string of the molecule is CN(C)C(C=O)N1CCC(Oc2ccc(-n3ccc4cc(S(C)(=O)=O)ccc43)nc2)CC1. The van der Waals surface area contributed by atoms with Crippen molar-refractivity contribution < 1.29 is 17.9 Å². The number of aldehydes is 1. The zero-order valence-corrected chi connectivity index (χ0v) is 19.3. The highest BCUT2D eigenvalue weighted by Gasteiger charge is 2.27. The minimum absolute atomic E-state index is 0.0928. The number of benzene rings is 1. The third kappa shape index (κ3) is 4.69. The Bertz CT molecular complexity index is 1200. The number of aromatic nitrogens is 2. The van der Waals surface area contributed by atoms with Crippen molar-refractivity contribution in [3.63, 3.8) is 0 Å². The largest absolute Gasteiger partial charge is 0.489 e. The molecule has 0 bridgehead atoms. The number of pyridine rings is 1. The number of nitrogens with zero attached hydrogens (tertiary/aromatic N) is 4. The molecule has 170 valence electrons. The molecule has 0 spiro atoms. The second kappa shape index (κ2) is 9.01. The van der Waals surface area contributed by atoms with Crippen molar-refractivity contribution in [2.75, 3.05) is 33.4 Å². The topological polar surface area (TPSA) is 84.7 Å². The van der Waals surface area contributed by atoms with Gasteiger partial charge in [-0.15, -0.1) is 0 Å². The summed E-state index contributed by atoms with van der Waals surface area (Å²) in [5, 5.41) is 0.841. The fourth-order valence-electron chi connectivity index (χ4n) is 4.12. The first-order valence-electron chi connectivity index (χ1n) is 10.6. The Kier molecular flexibility index (Phi) is 6.32. The molecule has 0 saturated carbocycles. The van der Waals surface area contributed by atoms with Crippen LogP contribution in [0.15, 0.2) is 53.7 Å². The van der Waals surface area contributed by atoms with Crippen LogP contribution in [-0.2, 0) is 14.6 Å². The van der Waals surface area contributed by atoms with E-state index in [1.807, 2.05) is 48.0 Å². The van der Waals surface area contributed by atoms with Gasteiger partial charge in [-0.3, -0.25) is 9.80 Å². The van der Waals surface area contributed by atoms with Gasteiger partial charge in [0.15, 0.2) is 16.1 Å². The lowest BCUT2D eigenvalue weighted by Crippen LogP contribution is -2.50. The molecule has 9 heteroatoms. The van der Waals surface area contributed by atoms with E-state index in [0.29, 0.717) is 10.6 Å². The Morgan fingerprint density at radius 1 is 1.16 bits per heavy atom. The van der Waals surface area contributed by atoms with Crippen molar-refractivity contribution in [1.82, 2.24) is 19.4 Å². The number of likely N-dealkylation sites (N-methyl/N-ethyl adjacent to an activating group) is 1. The molecule has 1 aromatic carbocycles. The highest BCUT2D eigenvalue weighted by molar-refractivity contribution is 7.90. The first-order valence-corrected chi connectivity index (χ1v) is 12.5. The summed E-state index contributed by atoms with van der Waals surface area (Å²) in [5.74, 6) is 1.44. The summed E-state index contributed by atoms with van der Waals surface area (Å²) in [7, 11) is 0.573. The number of fused-ring (bicyclic) bond motifs is 1. The van der Waals surface area contributed by atoms with E-state index in [-0.39, 0.29) is 12.3 Å². The molecular formula is C23H28N4O4S. The standard InChI is InChI=1S/C23H28N4O4S/c1-25(2)23(16-28)26-11-9-18(10-12-26)31-19-4-7-22(24-15-19)27-13-8-17-14-20(32(3,29)30)5-6-21(17)27/h4-8,13-16,18,23H,9-12H2,1-3H3. The molecule has 1 aliphatic heterocycles. The summed E-state index contributed by atoms with van der Waals surface area (Å²) >= 11 is 0. The second-order valence-electron chi connectivity index (χ2n) is 8.40. The quantitative estimate of drug-likeness (QED) is 0.505. The Morgan fingerprint density at radius 2 is 1.91 bits per heavy atom. The molecule has 0 amide bonds. The lowest BCUT2D eigenvalue weighted by Gasteiger charge is -2.37. The summed E-state index contributed by atoms with van der Waals surface area (Å²) in [5.41, 5.74) is 0.886. The highest BCUT2D eigenvalue weighted by atomic mass is 32.2. The monoisotopic (exact) mass is 456 g/mol. The first kappa shape index (κ1) is 22.4. The molecule has 2 aromatic heterocycles. The normalized spacial score (nSPS) is 17.0. The third-order valence-electron chi connectivity index (χ3n) is 5.86. The molecular weight excluding hydrogens is 428 g/mol. The Hall–Kier alpha value is -2.75. The second-order valence-corrected chi connectivity index (χ2v) is 10.4. The average Bonchev–Trinajstić information content (AvgIpc) is 3.18. The van der Waals surface area contributed by atoms with Gasteiger partial charge in [0.2, 0.25) is 0 Å².